The minimum absolute atomic E-state index is 0.284. The molecule has 4 rings (SSSR count). The third-order valence-corrected chi connectivity index (χ3v) is 4.06. The van der Waals surface area contributed by atoms with Crippen molar-refractivity contribution in [3.8, 4) is 11.3 Å². The maximum Gasteiger partial charge on any atom is 0.143 e. The van der Waals surface area contributed by atoms with E-state index in [4.69, 9.17) is 0 Å². The fourth-order valence-corrected chi connectivity index (χ4v) is 2.80. The topological polar surface area (TPSA) is 29.3 Å². The van der Waals surface area contributed by atoms with E-state index in [1.165, 1.54) is 6.07 Å². The van der Waals surface area contributed by atoms with Crippen LogP contribution in [-0.4, -0.2) is 9.38 Å². The molecule has 0 aliphatic heterocycles. The molecule has 0 fully saturated rings. The van der Waals surface area contributed by atoms with E-state index in [-0.39, 0.29) is 5.82 Å². The van der Waals surface area contributed by atoms with Crippen molar-refractivity contribution < 1.29 is 4.39 Å². The monoisotopic (exact) mass is 317 g/mol. The standard InChI is InChI=1S/C20H16FN3/c1-14-8-2-5-11-17(14)22-20-19(15-9-3-4-10-16(15)21)23-18-12-6-7-13-24(18)20/h2-13,22H,1H3. The number of hydrogen-bond donors (Lipinski definition) is 1. The number of rotatable bonds is 3. The van der Waals surface area contributed by atoms with Gasteiger partial charge in [0.2, 0.25) is 0 Å². The molecule has 4 aromatic rings. The Kier molecular flexibility index (Phi) is 3.50. The molecule has 2 aromatic carbocycles. The molecule has 4 heteroatoms. The highest BCUT2D eigenvalue weighted by Crippen LogP contribution is 2.33. The first kappa shape index (κ1) is 14.5. The summed E-state index contributed by atoms with van der Waals surface area (Å²) in [7, 11) is 0. The Bertz CT molecular complexity index is 1020. The molecule has 0 radical (unpaired) electrons. The van der Waals surface area contributed by atoms with Crippen LogP contribution in [0.3, 0.4) is 0 Å². The van der Waals surface area contributed by atoms with Gasteiger partial charge in [0.05, 0.1) is 0 Å². The van der Waals surface area contributed by atoms with Gasteiger partial charge in [-0.3, -0.25) is 4.40 Å². The SMILES string of the molecule is Cc1ccccc1Nc1c(-c2ccccc2F)nc2ccccn12. The van der Waals surface area contributed by atoms with Gasteiger partial charge in [0, 0.05) is 17.4 Å². The van der Waals surface area contributed by atoms with Crippen LogP contribution in [0.5, 0.6) is 0 Å². The lowest BCUT2D eigenvalue weighted by Crippen LogP contribution is -1.99. The van der Waals surface area contributed by atoms with E-state index < -0.39 is 0 Å². The summed E-state index contributed by atoms with van der Waals surface area (Å²) in [5.41, 5.74) is 3.94. The summed E-state index contributed by atoms with van der Waals surface area (Å²) >= 11 is 0. The van der Waals surface area contributed by atoms with Crippen LogP contribution >= 0.6 is 0 Å². The van der Waals surface area contributed by atoms with Gasteiger partial charge in [-0.15, -0.1) is 0 Å². The smallest absolute Gasteiger partial charge is 0.143 e. The molecule has 3 nitrogen and oxygen atoms in total. The Morgan fingerprint density at radius 3 is 2.50 bits per heavy atom. The number of halogens is 1. The average Bonchev–Trinajstić information content (AvgIpc) is 2.96. The van der Waals surface area contributed by atoms with Gasteiger partial charge in [0.15, 0.2) is 0 Å². The Morgan fingerprint density at radius 1 is 0.917 bits per heavy atom. The van der Waals surface area contributed by atoms with E-state index >= 15 is 0 Å². The Hall–Kier alpha value is -3.14. The van der Waals surface area contributed by atoms with Crippen LogP contribution in [0.1, 0.15) is 5.56 Å². The van der Waals surface area contributed by atoms with Gasteiger partial charge in [-0.25, -0.2) is 9.37 Å². The maximum absolute atomic E-state index is 14.3. The molecule has 0 bridgehead atoms. The largest absolute Gasteiger partial charge is 0.339 e. The summed E-state index contributed by atoms with van der Waals surface area (Å²) in [5.74, 6) is 0.471. The summed E-state index contributed by atoms with van der Waals surface area (Å²) in [5, 5.41) is 3.42. The van der Waals surface area contributed by atoms with Crippen LogP contribution in [0.4, 0.5) is 15.9 Å². The lowest BCUT2D eigenvalue weighted by molar-refractivity contribution is 0.631. The molecule has 0 aliphatic rings. The molecule has 2 aromatic heterocycles. The predicted molar refractivity (Wildman–Crippen MR) is 95.0 cm³/mol. The van der Waals surface area contributed by atoms with E-state index in [1.54, 1.807) is 12.1 Å². The molecule has 2 heterocycles. The van der Waals surface area contributed by atoms with Gasteiger partial charge < -0.3 is 5.32 Å². The van der Waals surface area contributed by atoms with Crippen molar-refractivity contribution in [3.05, 3.63) is 84.3 Å². The lowest BCUT2D eigenvalue weighted by Gasteiger charge is -2.11. The molecule has 0 atom stereocenters. The summed E-state index contributed by atoms with van der Waals surface area (Å²) in [6, 6.07) is 20.5. The van der Waals surface area contributed by atoms with E-state index in [1.807, 2.05) is 66.1 Å². The van der Waals surface area contributed by atoms with Crippen LogP contribution < -0.4 is 5.32 Å². The number of para-hydroxylation sites is 1. The number of aryl methyl sites for hydroxylation is 1. The normalized spacial score (nSPS) is 10.9. The zero-order valence-electron chi connectivity index (χ0n) is 13.2. The van der Waals surface area contributed by atoms with E-state index in [2.05, 4.69) is 10.3 Å². The fraction of sp³-hybridized carbons (Fsp3) is 0.0500. The molecule has 0 unspecified atom stereocenters. The molecule has 118 valence electrons. The van der Waals surface area contributed by atoms with Crippen LogP contribution in [-0.2, 0) is 0 Å². The van der Waals surface area contributed by atoms with Crippen molar-refractivity contribution in [1.82, 2.24) is 9.38 Å². The average molecular weight is 317 g/mol. The van der Waals surface area contributed by atoms with E-state index in [9.17, 15) is 4.39 Å². The molecule has 24 heavy (non-hydrogen) atoms. The Morgan fingerprint density at radius 2 is 1.67 bits per heavy atom. The second-order valence-corrected chi connectivity index (χ2v) is 5.66. The number of pyridine rings is 1. The number of nitrogens with one attached hydrogen (secondary N) is 1. The number of hydrogen-bond acceptors (Lipinski definition) is 2. The minimum Gasteiger partial charge on any atom is -0.339 e. The van der Waals surface area contributed by atoms with Crippen molar-refractivity contribution >= 4 is 17.2 Å². The van der Waals surface area contributed by atoms with Crippen LogP contribution in [0.25, 0.3) is 16.9 Å². The lowest BCUT2D eigenvalue weighted by atomic mass is 10.1. The first-order valence-electron chi connectivity index (χ1n) is 7.78. The first-order chi connectivity index (χ1) is 11.7. The second kappa shape index (κ2) is 5.81. The summed E-state index contributed by atoms with van der Waals surface area (Å²) < 4.78 is 16.3. The van der Waals surface area contributed by atoms with Crippen molar-refractivity contribution in [2.45, 2.75) is 6.92 Å². The van der Waals surface area contributed by atoms with Gasteiger partial charge in [0.25, 0.3) is 0 Å². The maximum atomic E-state index is 14.3. The van der Waals surface area contributed by atoms with Gasteiger partial charge >= 0.3 is 0 Å². The van der Waals surface area contributed by atoms with Gasteiger partial charge in [-0.2, -0.15) is 0 Å². The molecule has 0 aliphatic carbocycles. The highest BCUT2D eigenvalue weighted by atomic mass is 19.1. The van der Waals surface area contributed by atoms with Gasteiger partial charge in [-0.05, 0) is 42.8 Å². The zero-order chi connectivity index (χ0) is 16.5. The Labute approximate surface area is 139 Å². The van der Waals surface area contributed by atoms with Crippen LogP contribution in [0.2, 0.25) is 0 Å². The Balaban J connectivity index is 1.94. The number of nitrogens with zero attached hydrogens (tertiary/aromatic N) is 2. The highest BCUT2D eigenvalue weighted by Gasteiger charge is 2.17. The minimum atomic E-state index is -0.284. The summed E-state index contributed by atoms with van der Waals surface area (Å²) in [6.45, 7) is 2.04. The molecular formula is C20H16FN3. The van der Waals surface area contributed by atoms with Crippen molar-refractivity contribution in [2.24, 2.45) is 0 Å². The molecule has 0 amide bonds. The highest BCUT2D eigenvalue weighted by molar-refractivity contribution is 5.80. The number of anilines is 2. The van der Waals surface area contributed by atoms with Crippen LogP contribution in [0.15, 0.2) is 72.9 Å². The molecular weight excluding hydrogens is 301 g/mol. The van der Waals surface area contributed by atoms with Crippen molar-refractivity contribution in [2.75, 3.05) is 5.32 Å². The van der Waals surface area contributed by atoms with Crippen LogP contribution in [0, 0.1) is 12.7 Å². The number of aromatic nitrogens is 2. The van der Waals surface area contributed by atoms with Gasteiger partial charge in [0.1, 0.15) is 23.0 Å². The first-order valence-corrected chi connectivity index (χ1v) is 7.78. The number of benzene rings is 2. The summed E-state index contributed by atoms with van der Waals surface area (Å²) in [6.07, 6.45) is 1.92. The molecule has 0 saturated carbocycles. The fourth-order valence-electron chi connectivity index (χ4n) is 2.80. The van der Waals surface area contributed by atoms with E-state index in [0.29, 0.717) is 11.3 Å². The van der Waals surface area contributed by atoms with Crippen molar-refractivity contribution in [3.63, 3.8) is 0 Å². The third kappa shape index (κ3) is 2.42. The second-order valence-electron chi connectivity index (χ2n) is 5.66. The zero-order valence-corrected chi connectivity index (χ0v) is 13.2. The number of imidazole rings is 1. The van der Waals surface area contributed by atoms with Crippen molar-refractivity contribution in [1.29, 1.82) is 0 Å². The number of fused-ring (bicyclic) bond motifs is 1. The molecule has 1 N–H and O–H groups in total. The van der Waals surface area contributed by atoms with E-state index in [0.717, 1.165) is 22.7 Å². The summed E-state index contributed by atoms with van der Waals surface area (Å²) in [4.78, 5) is 4.63. The third-order valence-electron chi connectivity index (χ3n) is 4.06. The molecule has 0 spiro atoms. The quantitative estimate of drug-likeness (QED) is 0.563. The molecule has 0 saturated heterocycles. The van der Waals surface area contributed by atoms with Gasteiger partial charge in [-0.1, -0.05) is 36.4 Å². The predicted octanol–water partition coefficient (Wildman–Crippen LogP) is 5.19.